The van der Waals surface area contributed by atoms with Crippen molar-refractivity contribution in [1.82, 2.24) is 0 Å². The van der Waals surface area contributed by atoms with Crippen LogP contribution in [0.5, 0.6) is 0 Å². The molecule has 2 fully saturated rings. The third kappa shape index (κ3) is 3.64. The van der Waals surface area contributed by atoms with Gasteiger partial charge in [-0.15, -0.1) is 0 Å². The maximum atomic E-state index is 13.7. The molecule has 0 spiro atoms. The molecule has 3 aromatic rings. The molecule has 0 aromatic heterocycles. The van der Waals surface area contributed by atoms with Gasteiger partial charge in [0.2, 0.25) is 5.91 Å². The minimum Gasteiger partial charge on any atom is -0.372 e. The Balaban J connectivity index is 1.54. The minimum absolute atomic E-state index is 0.227. The van der Waals surface area contributed by atoms with E-state index in [1.807, 2.05) is 73.7 Å². The van der Waals surface area contributed by atoms with Crippen LogP contribution in [-0.2, 0) is 14.4 Å². The van der Waals surface area contributed by atoms with Crippen LogP contribution in [0.1, 0.15) is 31.0 Å². The van der Waals surface area contributed by atoms with Crippen molar-refractivity contribution in [2.24, 2.45) is 5.92 Å². The molecule has 0 saturated carbocycles. The fourth-order valence-electron chi connectivity index (χ4n) is 4.97. The summed E-state index contributed by atoms with van der Waals surface area (Å²) in [4.78, 5) is 36.9. The predicted molar refractivity (Wildman–Crippen MR) is 134 cm³/mol. The fraction of sp³-hybridized carbons (Fsp3) is 0.286. The largest absolute Gasteiger partial charge is 0.372 e. The van der Waals surface area contributed by atoms with Crippen LogP contribution in [0.25, 0.3) is 0 Å². The number of carbonyl (C=O) groups is 2. The van der Waals surface area contributed by atoms with Crippen molar-refractivity contribution in [3.8, 4) is 0 Å². The van der Waals surface area contributed by atoms with E-state index in [-0.39, 0.29) is 11.8 Å². The highest BCUT2D eigenvalue weighted by Crippen LogP contribution is 2.47. The summed E-state index contributed by atoms with van der Waals surface area (Å²) in [6, 6.07) is 24.9. The van der Waals surface area contributed by atoms with Gasteiger partial charge in [0.1, 0.15) is 5.92 Å². The number of fused-ring (bicyclic) bond motifs is 1. The van der Waals surface area contributed by atoms with Gasteiger partial charge in [0.05, 0.1) is 17.4 Å². The number of hydroxylamine groups is 1. The monoisotopic (exact) mass is 455 g/mol. The standard InChI is InChI=1S/C28H29N3O3/c1-4-29(5-2)21-17-13-20(14-18-21)25-24-26(34-31(25)23-9-7-6-8-10-23)28(33)30(27(24)32)22-15-11-19(3)12-16-22/h6-18,24-26H,4-5H2,1-3H3/t24-,25-,26-/m1/s1. The number of benzene rings is 3. The molecule has 34 heavy (non-hydrogen) atoms. The van der Waals surface area contributed by atoms with Crippen LogP contribution in [0, 0.1) is 12.8 Å². The number of hydrogen-bond donors (Lipinski definition) is 0. The Labute approximate surface area is 200 Å². The third-order valence-electron chi connectivity index (χ3n) is 6.78. The fourth-order valence-corrected chi connectivity index (χ4v) is 4.97. The van der Waals surface area contributed by atoms with Crippen LogP contribution in [-0.4, -0.2) is 31.0 Å². The molecule has 2 aliphatic rings. The molecule has 2 aliphatic heterocycles. The number of aryl methyl sites for hydroxylation is 1. The van der Waals surface area contributed by atoms with Crippen LogP contribution in [0.15, 0.2) is 78.9 Å². The maximum absolute atomic E-state index is 13.7. The zero-order chi connectivity index (χ0) is 23.8. The van der Waals surface area contributed by atoms with Gasteiger partial charge in [0.25, 0.3) is 5.91 Å². The van der Waals surface area contributed by atoms with Crippen LogP contribution >= 0.6 is 0 Å². The lowest BCUT2D eigenvalue weighted by Crippen LogP contribution is -2.37. The predicted octanol–water partition coefficient (Wildman–Crippen LogP) is 4.89. The molecule has 6 heteroatoms. The molecule has 6 nitrogen and oxygen atoms in total. The number of carbonyl (C=O) groups excluding carboxylic acids is 2. The van der Waals surface area contributed by atoms with Gasteiger partial charge < -0.3 is 4.90 Å². The van der Waals surface area contributed by atoms with Crippen molar-refractivity contribution in [3.63, 3.8) is 0 Å². The van der Waals surface area contributed by atoms with Crippen molar-refractivity contribution >= 4 is 28.9 Å². The second-order valence-electron chi connectivity index (χ2n) is 8.77. The van der Waals surface area contributed by atoms with Crippen molar-refractivity contribution in [3.05, 3.63) is 90.0 Å². The molecule has 5 rings (SSSR count). The van der Waals surface area contributed by atoms with E-state index in [1.54, 1.807) is 5.06 Å². The van der Waals surface area contributed by atoms with Gasteiger partial charge in [-0.25, -0.2) is 9.96 Å². The summed E-state index contributed by atoms with van der Waals surface area (Å²) in [5.74, 6) is -1.18. The number of amides is 2. The van der Waals surface area contributed by atoms with E-state index < -0.39 is 18.1 Å². The minimum atomic E-state index is -0.860. The average molecular weight is 456 g/mol. The van der Waals surface area contributed by atoms with Gasteiger partial charge in [-0.3, -0.25) is 14.4 Å². The van der Waals surface area contributed by atoms with E-state index in [2.05, 4.69) is 30.9 Å². The maximum Gasteiger partial charge on any atom is 0.266 e. The third-order valence-corrected chi connectivity index (χ3v) is 6.78. The van der Waals surface area contributed by atoms with Crippen LogP contribution in [0.4, 0.5) is 17.1 Å². The highest BCUT2D eigenvalue weighted by atomic mass is 16.7. The summed E-state index contributed by atoms with van der Waals surface area (Å²) in [6.45, 7) is 8.08. The number of para-hydroxylation sites is 1. The average Bonchev–Trinajstić information content (AvgIpc) is 3.38. The molecule has 2 amide bonds. The Morgan fingerprint density at radius 2 is 1.44 bits per heavy atom. The van der Waals surface area contributed by atoms with E-state index in [1.165, 1.54) is 4.90 Å². The number of hydrogen-bond acceptors (Lipinski definition) is 5. The zero-order valence-electron chi connectivity index (χ0n) is 19.7. The second kappa shape index (κ2) is 8.95. The number of rotatable bonds is 6. The van der Waals surface area contributed by atoms with Gasteiger partial charge >= 0.3 is 0 Å². The first-order valence-corrected chi connectivity index (χ1v) is 11.8. The Hall–Kier alpha value is -3.64. The van der Waals surface area contributed by atoms with E-state index in [9.17, 15) is 9.59 Å². The molecule has 174 valence electrons. The van der Waals surface area contributed by atoms with Crippen LogP contribution < -0.4 is 14.9 Å². The normalized spacial score (nSPS) is 21.8. The van der Waals surface area contributed by atoms with Crippen molar-refractivity contribution < 1.29 is 14.4 Å². The molecule has 0 bridgehead atoms. The van der Waals surface area contributed by atoms with Crippen molar-refractivity contribution in [1.29, 1.82) is 0 Å². The van der Waals surface area contributed by atoms with E-state index in [0.29, 0.717) is 5.69 Å². The molecule has 3 atom stereocenters. The summed E-state index contributed by atoms with van der Waals surface area (Å²) in [5.41, 5.74) is 4.54. The number of nitrogens with zero attached hydrogens (tertiary/aromatic N) is 3. The van der Waals surface area contributed by atoms with Crippen molar-refractivity contribution in [2.75, 3.05) is 28.0 Å². The lowest BCUT2D eigenvalue weighted by atomic mass is 9.90. The molecule has 3 aromatic carbocycles. The van der Waals surface area contributed by atoms with E-state index >= 15 is 0 Å². The summed E-state index contributed by atoms with van der Waals surface area (Å²) in [7, 11) is 0. The Kier molecular flexibility index (Phi) is 5.84. The first-order valence-electron chi connectivity index (χ1n) is 11.8. The highest BCUT2D eigenvalue weighted by molar-refractivity contribution is 6.23. The van der Waals surface area contributed by atoms with Gasteiger partial charge in [-0.2, -0.15) is 0 Å². The summed E-state index contributed by atoms with van der Waals surface area (Å²) >= 11 is 0. The number of imide groups is 1. The lowest BCUT2D eigenvalue weighted by Gasteiger charge is -2.29. The lowest BCUT2D eigenvalue weighted by molar-refractivity contribution is -0.126. The number of anilines is 3. The highest BCUT2D eigenvalue weighted by Gasteiger charge is 2.60. The zero-order valence-corrected chi connectivity index (χ0v) is 19.7. The Morgan fingerprint density at radius 1 is 0.794 bits per heavy atom. The second-order valence-corrected chi connectivity index (χ2v) is 8.77. The first-order chi connectivity index (χ1) is 16.5. The van der Waals surface area contributed by atoms with Crippen molar-refractivity contribution in [2.45, 2.75) is 32.9 Å². The van der Waals surface area contributed by atoms with Gasteiger partial charge in [0.15, 0.2) is 6.10 Å². The molecule has 0 radical (unpaired) electrons. The topological polar surface area (TPSA) is 53.1 Å². The summed E-state index contributed by atoms with van der Waals surface area (Å²) in [6.07, 6.45) is -0.860. The quantitative estimate of drug-likeness (QED) is 0.495. The van der Waals surface area contributed by atoms with Crippen LogP contribution in [0.2, 0.25) is 0 Å². The Bertz CT molecular complexity index is 1170. The van der Waals surface area contributed by atoms with Gasteiger partial charge in [-0.1, -0.05) is 48.0 Å². The van der Waals surface area contributed by atoms with Gasteiger partial charge in [0, 0.05) is 18.8 Å². The summed E-state index contributed by atoms with van der Waals surface area (Å²) < 4.78 is 0. The van der Waals surface area contributed by atoms with E-state index in [4.69, 9.17) is 4.84 Å². The molecular formula is C28H29N3O3. The SMILES string of the molecule is CCN(CC)c1ccc([C@@H]2[C@H]3C(=O)N(c4ccc(C)cc4)C(=O)[C@@H]3ON2c2ccccc2)cc1. The molecule has 2 heterocycles. The Morgan fingerprint density at radius 3 is 2.06 bits per heavy atom. The smallest absolute Gasteiger partial charge is 0.266 e. The molecule has 0 N–H and O–H groups in total. The van der Waals surface area contributed by atoms with E-state index in [0.717, 1.165) is 35.6 Å². The van der Waals surface area contributed by atoms with Gasteiger partial charge in [-0.05, 0) is 62.7 Å². The first kappa shape index (κ1) is 22.2. The molecular weight excluding hydrogens is 426 g/mol. The molecule has 2 saturated heterocycles. The molecule has 0 unspecified atom stereocenters. The molecule has 0 aliphatic carbocycles. The van der Waals surface area contributed by atoms with Crippen LogP contribution in [0.3, 0.4) is 0 Å². The summed E-state index contributed by atoms with van der Waals surface area (Å²) in [5, 5.41) is 1.74.